The maximum Gasteiger partial charge on any atom is 0.00243 e. The molecular formula is C19H34N2. The van der Waals surface area contributed by atoms with Gasteiger partial charge in [-0.2, -0.15) is 0 Å². The first-order valence-corrected chi connectivity index (χ1v) is 9.58. The van der Waals surface area contributed by atoms with E-state index in [1.54, 1.807) is 38.5 Å². The highest BCUT2D eigenvalue weighted by atomic mass is 15.1. The molecule has 2 heteroatoms. The summed E-state index contributed by atoms with van der Waals surface area (Å²) in [5.41, 5.74) is 6.73. The van der Waals surface area contributed by atoms with Gasteiger partial charge in [0.15, 0.2) is 0 Å². The molecule has 2 N–H and O–H groups in total. The molecule has 1 heterocycles. The minimum atomic E-state index is 0.745. The summed E-state index contributed by atoms with van der Waals surface area (Å²) < 4.78 is 0. The number of nitrogens with two attached hydrogens (primary N) is 1. The van der Waals surface area contributed by atoms with E-state index in [4.69, 9.17) is 5.73 Å². The molecule has 1 saturated heterocycles. The molecular weight excluding hydrogens is 256 g/mol. The molecule has 5 fully saturated rings. The highest BCUT2D eigenvalue weighted by Gasteiger charge is 2.50. The monoisotopic (exact) mass is 290 g/mol. The van der Waals surface area contributed by atoms with Crippen LogP contribution in [0.3, 0.4) is 0 Å². The summed E-state index contributed by atoms with van der Waals surface area (Å²) in [5.74, 6) is 4.90. The number of hydrogen-bond donors (Lipinski definition) is 1. The normalized spacial score (nSPS) is 49.7. The van der Waals surface area contributed by atoms with Gasteiger partial charge in [0.1, 0.15) is 0 Å². The Balaban J connectivity index is 1.34. The third-order valence-corrected chi connectivity index (χ3v) is 7.62. The third kappa shape index (κ3) is 2.79. The zero-order valence-electron chi connectivity index (χ0n) is 13.9. The molecule has 2 atom stereocenters. The maximum absolute atomic E-state index is 5.97. The van der Waals surface area contributed by atoms with E-state index in [2.05, 4.69) is 11.8 Å². The third-order valence-electron chi connectivity index (χ3n) is 7.62. The summed E-state index contributed by atoms with van der Waals surface area (Å²) in [4.78, 5) is 2.75. The summed E-state index contributed by atoms with van der Waals surface area (Å²) in [6.45, 7) is 7.23. The Morgan fingerprint density at radius 3 is 2.24 bits per heavy atom. The second kappa shape index (κ2) is 5.53. The van der Waals surface area contributed by atoms with Crippen molar-refractivity contribution in [3.8, 4) is 0 Å². The fourth-order valence-corrected chi connectivity index (χ4v) is 6.73. The second-order valence-corrected chi connectivity index (χ2v) is 9.23. The molecule has 2 unspecified atom stereocenters. The predicted octanol–water partition coefficient (Wildman–Crippen LogP) is 3.51. The average Bonchev–Trinajstić information content (AvgIpc) is 2.45. The van der Waals surface area contributed by atoms with E-state index in [9.17, 15) is 0 Å². The molecule has 0 radical (unpaired) electrons. The van der Waals surface area contributed by atoms with Gasteiger partial charge in [0, 0.05) is 6.54 Å². The smallest absolute Gasteiger partial charge is 0.00243 e. The second-order valence-electron chi connectivity index (χ2n) is 9.23. The van der Waals surface area contributed by atoms with Crippen LogP contribution in [0.15, 0.2) is 0 Å². The van der Waals surface area contributed by atoms with E-state index in [1.165, 1.54) is 32.5 Å². The quantitative estimate of drug-likeness (QED) is 0.858. The van der Waals surface area contributed by atoms with Crippen molar-refractivity contribution in [1.82, 2.24) is 4.90 Å². The van der Waals surface area contributed by atoms with Crippen molar-refractivity contribution < 1.29 is 0 Å². The average molecular weight is 290 g/mol. The highest BCUT2D eigenvalue weighted by Crippen LogP contribution is 2.61. The van der Waals surface area contributed by atoms with Gasteiger partial charge in [-0.25, -0.2) is 0 Å². The number of likely N-dealkylation sites (tertiary alicyclic amines) is 1. The summed E-state index contributed by atoms with van der Waals surface area (Å²) in [7, 11) is 0. The Morgan fingerprint density at radius 1 is 1.05 bits per heavy atom. The van der Waals surface area contributed by atoms with E-state index in [0.29, 0.717) is 0 Å². The minimum Gasteiger partial charge on any atom is -0.330 e. The Kier molecular flexibility index (Phi) is 3.82. The first kappa shape index (κ1) is 14.5. The van der Waals surface area contributed by atoms with Gasteiger partial charge in [-0.1, -0.05) is 6.92 Å². The summed E-state index contributed by atoms with van der Waals surface area (Å²) in [5, 5.41) is 0. The van der Waals surface area contributed by atoms with E-state index < -0.39 is 0 Å². The van der Waals surface area contributed by atoms with Crippen LogP contribution in [-0.4, -0.2) is 31.1 Å². The predicted molar refractivity (Wildman–Crippen MR) is 88.0 cm³/mol. The number of nitrogens with zero attached hydrogens (tertiary/aromatic N) is 1. The van der Waals surface area contributed by atoms with Crippen LogP contribution in [0.2, 0.25) is 0 Å². The van der Waals surface area contributed by atoms with Crippen LogP contribution >= 0.6 is 0 Å². The lowest BCUT2D eigenvalue weighted by atomic mass is 9.49. The van der Waals surface area contributed by atoms with Crippen LogP contribution in [0, 0.1) is 35.0 Å². The van der Waals surface area contributed by atoms with Crippen LogP contribution in [0.4, 0.5) is 0 Å². The lowest BCUT2D eigenvalue weighted by Gasteiger charge is -2.57. The minimum absolute atomic E-state index is 0.745. The summed E-state index contributed by atoms with van der Waals surface area (Å²) in [6.07, 6.45) is 12.3. The molecule has 5 rings (SSSR count). The van der Waals surface area contributed by atoms with Crippen molar-refractivity contribution in [2.75, 3.05) is 26.2 Å². The van der Waals surface area contributed by atoms with Gasteiger partial charge in [-0.05, 0) is 106 Å². The first-order chi connectivity index (χ1) is 10.2. The molecule has 120 valence electrons. The molecule has 0 aromatic carbocycles. The fraction of sp³-hybridized carbons (Fsp3) is 1.00. The molecule has 2 nitrogen and oxygen atoms in total. The Morgan fingerprint density at radius 2 is 1.67 bits per heavy atom. The van der Waals surface area contributed by atoms with Crippen LogP contribution in [0.25, 0.3) is 0 Å². The van der Waals surface area contributed by atoms with Crippen molar-refractivity contribution in [2.45, 2.75) is 58.3 Å². The van der Waals surface area contributed by atoms with Crippen molar-refractivity contribution in [3.63, 3.8) is 0 Å². The van der Waals surface area contributed by atoms with Crippen molar-refractivity contribution in [3.05, 3.63) is 0 Å². The van der Waals surface area contributed by atoms with E-state index in [0.717, 1.165) is 41.5 Å². The lowest BCUT2D eigenvalue weighted by molar-refractivity contribution is -0.0626. The maximum atomic E-state index is 5.97. The number of rotatable bonds is 4. The first-order valence-electron chi connectivity index (χ1n) is 9.58. The van der Waals surface area contributed by atoms with Gasteiger partial charge in [0.25, 0.3) is 0 Å². The summed E-state index contributed by atoms with van der Waals surface area (Å²) in [6, 6.07) is 0. The lowest BCUT2D eigenvalue weighted by Crippen LogP contribution is -2.48. The molecule has 4 saturated carbocycles. The van der Waals surface area contributed by atoms with Gasteiger partial charge < -0.3 is 10.6 Å². The molecule has 0 aromatic rings. The molecule has 21 heavy (non-hydrogen) atoms. The molecule has 4 aliphatic carbocycles. The highest BCUT2D eigenvalue weighted by molar-refractivity contribution is 5.01. The van der Waals surface area contributed by atoms with Gasteiger partial charge in [0.2, 0.25) is 0 Å². The van der Waals surface area contributed by atoms with E-state index in [-0.39, 0.29) is 0 Å². The Labute approximate surface area is 130 Å². The number of hydrogen-bond acceptors (Lipinski definition) is 2. The fourth-order valence-electron chi connectivity index (χ4n) is 6.73. The van der Waals surface area contributed by atoms with Gasteiger partial charge >= 0.3 is 0 Å². The van der Waals surface area contributed by atoms with E-state index >= 15 is 0 Å². The Bertz CT molecular complexity index is 342. The van der Waals surface area contributed by atoms with Crippen molar-refractivity contribution in [2.24, 2.45) is 40.7 Å². The molecule has 0 aromatic heterocycles. The van der Waals surface area contributed by atoms with Crippen LogP contribution in [0.5, 0.6) is 0 Å². The zero-order chi connectivity index (χ0) is 14.4. The van der Waals surface area contributed by atoms with Gasteiger partial charge in [-0.3, -0.25) is 0 Å². The standard InChI is InChI=1S/C19H34N2/c1-14-2-4-21(13-18(14)12-20)5-3-19-9-15-6-16(10-19)8-17(7-15)11-19/h14-18H,2-13,20H2,1H3. The van der Waals surface area contributed by atoms with Crippen LogP contribution < -0.4 is 5.73 Å². The van der Waals surface area contributed by atoms with Crippen molar-refractivity contribution >= 4 is 0 Å². The molecule has 0 spiro atoms. The van der Waals surface area contributed by atoms with Crippen LogP contribution in [0.1, 0.15) is 58.3 Å². The van der Waals surface area contributed by atoms with Crippen LogP contribution in [-0.2, 0) is 0 Å². The van der Waals surface area contributed by atoms with Gasteiger partial charge in [0.05, 0.1) is 0 Å². The SMILES string of the molecule is CC1CCN(CCC23CC4CC(CC(C4)C2)C3)CC1CN. The molecule has 5 aliphatic rings. The largest absolute Gasteiger partial charge is 0.330 e. The van der Waals surface area contributed by atoms with Gasteiger partial charge in [-0.15, -0.1) is 0 Å². The topological polar surface area (TPSA) is 29.3 Å². The zero-order valence-corrected chi connectivity index (χ0v) is 13.9. The summed E-state index contributed by atoms with van der Waals surface area (Å²) >= 11 is 0. The van der Waals surface area contributed by atoms with E-state index in [1.807, 2.05) is 0 Å². The molecule has 4 bridgehead atoms. The number of piperidine rings is 1. The molecule has 0 amide bonds. The Hall–Kier alpha value is -0.0800. The molecule has 1 aliphatic heterocycles. The van der Waals surface area contributed by atoms with Crippen molar-refractivity contribution in [1.29, 1.82) is 0 Å².